The molecule has 4 saturated carbocycles. The summed E-state index contributed by atoms with van der Waals surface area (Å²) in [7, 11) is 0. The first-order valence-electron chi connectivity index (χ1n) is 16.9. The summed E-state index contributed by atoms with van der Waals surface area (Å²) in [5.74, 6) is 8.79. The zero-order valence-corrected chi connectivity index (χ0v) is 24.0. The molecule has 4 rings (SSSR count). The predicted molar refractivity (Wildman–Crippen MR) is 153 cm³/mol. The van der Waals surface area contributed by atoms with Crippen molar-refractivity contribution in [3.63, 3.8) is 0 Å². The van der Waals surface area contributed by atoms with Crippen LogP contribution < -0.4 is 5.73 Å². The molecule has 0 spiro atoms. The summed E-state index contributed by atoms with van der Waals surface area (Å²) in [6.45, 7) is 6.23. The van der Waals surface area contributed by atoms with E-state index >= 15 is 0 Å². The molecule has 0 aromatic heterocycles. The van der Waals surface area contributed by atoms with Crippen molar-refractivity contribution < 1.29 is 0 Å². The van der Waals surface area contributed by atoms with Crippen LogP contribution in [0.3, 0.4) is 0 Å². The number of nitrogens with two attached hydrogens (primary N) is 1. The van der Waals surface area contributed by atoms with Crippen LogP contribution in [0.1, 0.15) is 155 Å². The summed E-state index contributed by atoms with van der Waals surface area (Å²) in [6, 6.07) is 0. The Morgan fingerprint density at radius 3 is 1.57 bits per heavy atom. The summed E-state index contributed by atoms with van der Waals surface area (Å²) in [5, 5.41) is 0. The average molecular weight is 486 g/mol. The van der Waals surface area contributed by atoms with Gasteiger partial charge in [0, 0.05) is 0 Å². The Balaban J connectivity index is 1.34. The van der Waals surface area contributed by atoms with Gasteiger partial charge in [-0.2, -0.15) is 0 Å². The fourth-order valence-corrected chi connectivity index (χ4v) is 9.76. The van der Waals surface area contributed by atoms with Crippen molar-refractivity contribution >= 4 is 0 Å². The lowest BCUT2D eigenvalue weighted by atomic mass is 9.65. The molecule has 8 atom stereocenters. The predicted octanol–water partition coefficient (Wildman–Crippen LogP) is 10.2. The zero-order chi connectivity index (χ0) is 24.5. The molecule has 7 unspecified atom stereocenters. The van der Waals surface area contributed by atoms with Crippen LogP contribution in [0.4, 0.5) is 0 Å². The topological polar surface area (TPSA) is 26.0 Å². The Morgan fingerprint density at radius 1 is 0.486 bits per heavy atom. The van der Waals surface area contributed by atoms with Crippen LogP contribution in [0.25, 0.3) is 0 Å². The van der Waals surface area contributed by atoms with Gasteiger partial charge in [-0.15, -0.1) is 0 Å². The molecule has 0 aliphatic heterocycles. The molecule has 4 aliphatic rings. The molecule has 4 aliphatic carbocycles. The van der Waals surface area contributed by atoms with Crippen molar-refractivity contribution in [2.24, 2.45) is 59.0 Å². The van der Waals surface area contributed by atoms with Crippen molar-refractivity contribution in [3.8, 4) is 0 Å². The molecule has 0 radical (unpaired) electrons. The van der Waals surface area contributed by atoms with Crippen molar-refractivity contribution in [2.45, 2.75) is 155 Å². The maximum absolute atomic E-state index is 6.55. The van der Waals surface area contributed by atoms with Gasteiger partial charge in [0.25, 0.3) is 0 Å². The van der Waals surface area contributed by atoms with Crippen LogP contribution in [-0.4, -0.2) is 6.54 Å². The van der Waals surface area contributed by atoms with E-state index in [4.69, 9.17) is 5.73 Å². The van der Waals surface area contributed by atoms with Gasteiger partial charge in [0.15, 0.2) is 0 Å². The van der Waals surface area contributed by atoms with Crippen molar-refractivity contribution in [3.05, 3.63) is 0 Å². The van der Waals surface area contributed by atoms with E-state index in [0.29, 0.717) is 0 Å². The van der Waals surface area contributed by atoms with Gasteiger partial charge in [-0.1, -0.05) is 129 Å². The van der Waals surface area contributed by atoms with E-state index in [1.165, 1.54) is 141 Å². The van der Waals surface area contributed by atoms with Crippen LogP contribution >= 0.6 is 0 Å². The van der Waals surface area contributed by atoms with Gasteiger partial charge in [-0.3, -0.25) is 0 Å². The fraction of sp³-hybridized carbons (Fsp3) is 1.00. The largest absolute Gasteiger partial charge is 0.330 e. The first-order chi connectivity index (χ1) is 17.2. The first-order valence-corrected chi connectivity index (χ1v) is 16.9. The van der Waals surface area contributed by atoms with Gasteiger partial charge in [-0.05, 0) is 85.5 Å². The van der Waals surface area contributed by atoms with Crippen LogP contribution in [0.15, 0.2) is 0 Å². The second-order valence-corrected chi connectivity index (χ2v) is 14.1. The Hall–Kier alpha value is -0.0400. The van der Waals surface area contributed by atoms with Crippen LogP contribution in [-0.2, 0) is 0 Å². The minimum atomic E-state index is 0.822. The van der Waals surface area contributed by atoms with Crippen molar-refractivity contribution in [2.75, 3.05) is 6.54 Å². The molecule has 0 aromatic carbocycles. The van der Waals surface area contributed by atoms with E-state index in [1.54, 1.807) is 0 Å². The van der Waals surface area contributed by atoms with E-state index in [9.17, 15) is 0 Å². The Kier molecular flexibility index (Phi) is 11.8. The van der Waals surface area contributed by atoms with Crippen molar-refractivity contribution in [1.29, 1.82) is 0 Å². The Morgan fingerprint density at radius 2 is 1.00 bits per heavy atom. The zero-order valence-electron chi connectivity index (χ0n) is 24.0. The Bertz CT molecular complexity index is 559. The molecule has 0 saturated heterocycles. The highest BCUT2D eigenvalue weighted by Crippen LogP contribution is 2.61. The normalized spacial score (nSPS) is 41.9. The minimum absolute atomic E-state index is 0.822. The molecule has 0 heterocycles. The molecule has 1 nitrogen and oxygen atoms in total. The van der Waals surface area contributed by atoms with E-state index in [-0.39, 0.29) is 0 Å². The molecule has 0 aromatic rings. The van der Waals surface area contributed by atoms with Gasteiger partial charge in [0.1, 0.15) is 0 Å². The summed E-state index contributed by atoms with van der Waals surface area (Å²) >= 11 is 0. The summed E-state index contributed by atoms with van der Waals surface area (Å²) in [4.78, 5) is 0. The van der Waals surface area contributed by atoms with Gasteiger partial charge < -0.3 is 5.73 Å². The third kappa shape index (κ3) is 7.97. The molecular weight excluding hydrogens is 422 g/mol. The number of hydrogen-bond acceptors (Lipinski definition) is 1. The highest BCUT2D eigenvalue weighted by atomic mass is 14.6. The standard InChI is InChI=1S/C34H63N/c1-26-18-14-10-6-5-9-13-17-21-31(26)34-27(2)33(34)29-22-23-32(30(24-29)25-35)28-19-15-11-7-3-4-8-12-16-20-28/h26-34H,3-25,35H2,1-2H3/t26?,27-,29?,30?,31?,32?,33?,34?/m1/s1. The van der Waals surface area contributed by atoms with Gasteiger partial charge in [0.05, 0.1) is 0 Å². The molecular formula is C34H63N. The lowest BCUT2D eigenvalue weighted by Crippen LogP contribution is -2.36. The lowest BCUT2D eigenvalue weighted by Gasteiger charge is -2.41. The summed E-state index contributed by atoms with van der Waals surface area (Å²) in [5.41, 5.74) is 6.55. The maximum atomic E-state index is 6.55. The van der Waals surface area contributed by atoms with Gasteiger partial charge >= 0.3 is 0 Å². The second kappa shape index (κ2) is 14.8. The van der Waals surface area contributed by atoms with E-state index in [1.807, 2.05) is 0 Å². The summed E-state index contributed by atoms with van der Waals surface area (Å²) in [6.07, 6.45) is 32.9. The van der Waals surface area contributed by atoms with E-state index < -0.39 is 0 Å². The first kappa shape index (κ1) is 28.0. The monoisotopic (exact) mass is 485 g/mol. The molecule has 0 bridgehead atoms. The third-order valence-electron chi connectivity index (χ3n) is 11.9. The smallest absolute Gasteiger partial charge is 0.00460 e. The fourth-order valence-electron chi connectivity index (χ4n) is 9.76. The molecule has 35 heavy (non-hydrogen) atoms. The highest BCUT2D eigenvalue weighted by molar-refractivity contribution is 5.04. The third-order valence-corrected chi connectivity index (χ3v) is 11.9. The highest BCUT2D eigenvalue weighted by Gasteiger charge is 2.55. The molecule has 0 amide bonds. The minimum Gasteiger partial charge on any atom is -0.330 e. The average Bonchev–Trinajstić information content (AvgIpc) is 3.55. The number of rotatable bonds is 4. The van der Waals surface area contributed by atoms with E-state index in [0.717, 1.165) is 59.8 Å². The number of hydrogen-bond donors (Lipinski definition) is 1. The molecule has 1 heteroatoms. The maximum Gasteiger partial charge on any atom is -0.00460 e. The van der Waals surface area contributed by atoms with Crippen LogP contribution in [0, 0.1) is 53.3 Å². The molecule has 2 N–H and O–H groups in total. The lowest BCUT2D eigenvalue weighted by molar-refractivity contribution is 0.0974. The van der Waals surface area contributed by atoms with E-state index in [2.05, 4.69) is 13.8 Å². The van der Waals surface area contributed by atoms with Gasteiger partial charge in [0.2, 0.25) is 0 Å². The van der Waals surface area contributed by atoms with Crippen LogP contribution in [0.5, 0.6) is 0 Å². The second-order valence-electron chi connectivity index (χ2n) is 14.1. The SMILES string of the molecule is CC1CCCCCCCCCC1C1C(C2CCC(C3CCCCCCCCCC3)C(CN)C2)[C@H]1C. The summed E-state index contributed by atoms with van der Waals surface area (Å²) < 4.78 is 0. The van der Waals surface area contributed by atoms with Gasteiger partial charge in [-0.25, -0.2) is 0 Å². The van der Waals surface area contributed by atoms with Crippen molar-refractivity contribution in [1.82, 2.24) is 0 Å². The molecule has 204 valence electrons. The van der Waals surface area contributed by atoms with Crippen LogP contribution in [0.2, 0.25) is 0 Å². The molecule has 4 fully saturated rings. The quantitative estimate of drug-likeness (QED) is 0.421. The Labute approximate surface area is 220 Å².